The molecule has 90 valence electrons. The molecule has 0 aliphatic carbocycles. The third-order valence-electron chi connectivity index (χ3n) is 2.28. The minimum Gasteiger partial charge on any atom is -0.479 e. The van der Waals surface area contributed by atoms with Crippen molar-refractivity contribution >= 4 is 5.97 Å². The molecule has 0 saturated heterocycles. The molecule has 0 aromatic heterocycles. The second-order valence-electron chi connectivity index (χ2n) is 3.63. The van der Waals surface area contributed by atoms with Crippen LogP contribution in [0.1, 0.15) is 38.5 Å². The Morgan fingerprint density at radius 2 is 1.53 bits per heavy atom. The third-order valence-corrected chi connectivity index (χ3v) is 2.28. The van der Waals surface area contributed by atoms with E-state index in [1.54, 1.807) is 0 Å². The summed E-state index contributed by atoms with van der Waals surface area (Å²) in [4.78, 5) is 10.3. The molecule has 0 aliphatic rings. The highest BCUT2D eigenvalue weighted by molar-refractivity contribution is 5.72. The molecular weight excluding hydrogens is 200 g/mol. The van der Waals surface area contributed by atoms with Gasteiger partial charge in [-0.05, 0) is 12.8 Å². The summed E-state index contributed by atoms with van der Waals surface area (Å²) in [6.07, 6.45) is 1.68. The molecule has 0 aromatic carbocycles. The standard InChI is InChI=1S/C10H20O5/c11-7-5-3-1-2-4-6-8(12)9(13)10(14)15/h8-9,11-13H,1-7H2,(H,14,15). The fourth-order valence-electron chi connectivity index (χ4n) is 1.32. The van der Waals surface area contributed by atoms with E-state index in [1.807, 2.05) is 0 Å². The molecule has 0 aromatic rings. The van der Waals surface area contributed by atoms with Gasteiger partial charge in [0.25, 0.3) is 0 Å². The lowest BCUT2D eigenvalue weighted by molar-refractivity contribution is -0.153. The quantitative estimate of drug-likeness (QED) is 0.414. The SMILES string of the molecule is O=C(O)C(O)C(O)CCCCCCCO. The number of aliphatic hydroxyl groups excluding tert-OH is 3. The Kier molecular flexibility index (Phi) is 8.27. The van der Waals surface area contributed by atoms with E-state index >= 15 is 0 Å². The molecule has 0 saturated carbocycles. The first-order chi connectivity index (χ1) is 7.09. The smallest absolute Gasteiger partial charge is 0.335 e. The average Bonchev–Trinajstić information content (AvgIpc) is 2.21. The van der Waals surface area contributed by atoms with Crippen LogP contribution >= 0.6 is 0 Å². The number of hydrogen-bond donors (Lipinski definition) is 4. The number of aliphatic hydroxyl groups is 3. The minimum atomic E-state index is -1.68. The summed E-state index contributed by atoms with van der Waals surface area (Å²) < 4.78 is 0. The fourth-order valence-corrected chi connectivity index (χ4v) is 1.32. The molecule has 15 heavy (non-hydrogen) atoms. The molecule has 0 bridgehead atoms. The van der Waals surface area contributed by atoms with Crippen LogP contribution in [-0.4, -0.2) is 45.2 Å². The van der Waals surface area contributed by atoms with Crippen molar-refractivity contribution in [3.63, 3.8) is 0 Å². The van der Waals surface area contributed by atoms with E-state index in [-0.39, 0.29) is 6.61 Å². The van der Waals surface area contributed by atoms with E-state index in [1.165, 1.54) is 0 Å². The van der Waals surface area contributed by atoms with Gasteiger partial charge in [-0.1, -0.05) is 25.7 Å². The van der Waals surface area contributed by atoms with Crippen LogP contribution in [0.2, 0.25) is 0 Å². The lowest BCUT2D eigenvalue weighted by atomic mass is 10.0. The van der Waals surface area contributed by atoms with Crippen LogP contribution in [0.5, 0.6) is 0 Å². The van der Waals surface area contributed by atoms with Crippen molar-refractivity contribution < 1.29 is 25.2 Å². The van der Waals surface area contributed by atoms with Crippen LogP contribution in [0.25, 0.3) is 0 Å². The maximum absolute atomic E-state index is 10.3. The van der Waals surface area contributed by atoms with E-state index in [2.05, 4.69) is 0 Å². The van der Waals surface area contributed by atoms with Gasteiger partial charge >= 0.3 is 5.97 Å². The predicted octanol–water partition coefficient (Wildman–Crippen LogP) is 0.126. The summed E-state index contributed by atoms with van der Waals surface area (Å²) in [5.41, 5.74) is 0. The Morgan fingerprint density at radius 1 is 1.00 bits per heavy atom. The molecule has 5 heteroatoms. The van der Waals surface area contributed by atoms with Gasteiger partial charge in [0.2, 0.25) is 0 Å². The first kappa shape index (κ1) is 14.3. The van der Waals surface area contributed by atoms with Gasteiger partial charge in [-0.15, -0.1) is 0 Å². The Morgan fingerprint density at radius 3 is 2.07 bits per heavy atom. The first-order valence-electron chi connectivity index (χ1n) is 5.29. The van der Waals surface area contributed by atoms with Crippen LogP contribution in [-0.2, 0) is 4.79 Å². The van der Waals surface area contributed by atoms with Gasteiger partial charge in [-0.3, -0.25) is 0 Å². The highest BCUT2D eigenvalue weighted by atomic mass is 16.4. The molecule has 0 spiro atoms. The number of carbonyl (C=O) groups is 1. The Labute approximate surface area is 89.4 Å². The van der Waals surface area contributed by atoms with Gasteiger partial charge < -0.3 is 20.4 Å². The van der Waals surface area contributed by atoms with Gasteiger partial charge in [0.05, 0.1) is 6.10 Å². The predicted molar refractivity (Wildman–Crippen MR) is 54.4 cm³/mol. The van der Waals surface area contributed by atoms with E-state index in [9.17, 15) is 9.90 Å². The summed E-state index contributed by atoms with van der Waals surface area (Å²) in [6.45, 7) is 0.195. The van der Waals surface area contributed by atoms with Gasteiger partial charge in [-0.2, -0.15) is 0 Å². The van der Waals surface area contributed by atoms with E-state index in [0.29, 0.717) is 12.8 Å². The largest absolute Gasteiger partial charge is 0.479 e. The minimum absolute atomic E-state index is 0.195. The molecule has 0 fully saturated rings. The number of unbranched alkanes of at least 4 members (excludes halogenated alkanes) is 4. The zero-order chi connectivity index (χ0) is 11.7. The van der Waals surface area contributed by atoms with Crippen LogP contribution in [0.15, 0.2) is 0 Å². The van der Waals surface area contributed by atoms with Crippen molar-refractivity contribution in [2.75, 3.05) is 6.61 Å². The second kappa shape index (κ2) is 8.64. The second-order valence-corrected chi connectivity index (χ2v) is 3.63. The summed E-state index contributed by atoms with van der Waals surface area (Å²) in [7, 11) is 0. The Bertz CT molecular complexity index is 171. The molecule has 0 radical (unpaired) electrons. The van der Waals surface area contributed by atoms with Crippen molar-refractivity contribution in [3.8, 4) is 0 Å². The van der Waals surface area contributed by atoms with Gasteiger partial charge in [-0.25, -0.2) is 4.79 Å². The zero-order valence-corrected chi connectivity index (χ0v) is 8.80. The maximum atomic E-state index is 10.3. The van der Waals surface area contributed by atoms with Crippen LogP contribution in [0.4, 0.5) is 0 Å². The van der Waals surface area contributed by atoms with Crippen LogP contribution in [0, 0.1) is 0 Å². The molecule has 0 amide bonds. The van der Waals surface area contributed by atoms with Gasteiger partial charge in [0, 0.05) is 6.61 Å². The van der Waals surface area contributed by atoms with E-state index in [4.69, 9.17) is 15.3 Å². The molecule has 0 heterocycles. The molecule has 0 rings (SSSR count). The normalized spacial score (nSPS) is 14.9. The van der Waals surface area contributed by atoms with Crippen molar-refractivity contribution in [3.05, 3.63) is 0 Å². The Balaban J connectivity index is 3.38. The molecular formula is C10H20O5. The van der Waals surface area contributed by atoms with Gasteiger partial charge in [0.15, 0.2) is 6.10 Å². The summed E-state index contributed by atoms with van der Waals surface area (Å²) in [6, 6.07) is 0. The molecule has 0 aliphatic heterocycles. The summed E-state index contributed by atoms with van der Waals surface area (Å²) in [5.74, 6) is -1.39. The Hall–Kier alpha value is -0.650. The lowest BCUT2D eigenvalue weighted by Gasteiger charge is -2.13. The number of aliphatic carboxylic acids is 1. The number of rotatable bonds is 9. The number of carboxylic acid groups (broad SMARTS) is 1. The summed E-state index contributed by atoms with van der Waals surface area (Å²) in [5, 5.41) is 35.1. The number of hydrogen-bond acceptors (Lipinski definition) is 4. The average molecular weight is 220 g/mol. The molecule has 2 atom stereocenters. The van der Waals surface area contributed by atoms with Crippen molar-refractivity contribution in [1.82, 2.24) is 0 Å². The monoisotopic (exact) mass is 220 g/mol. The highest BCUT2D eigenvalue weighted by Gasteiger charge is 2.22. The molecule has 5 nitrogen and oxygen atoms in total. The van der Waals surface area contributed by atoms with Crippen LogP contribution in [0.3, 0.4) is 0 Å². The summed E-state index contributed by atoms with van der Waals surface area (Å²) >= 11 is 0. The zero-order valence-electron chi connectivity index (χ0n) is 8.80. The van der Waals surface area contributed by atoms with Crippen molar-refractivity contribution in [2.24, 2.45) is 0 Å². The number of carboxylic acids is 1. The third kappa shape index (κ3) is 7.30. The molecule has 2 unspecified atom stereocenters. The van der Waals surface area contributed by atoms with Crippen molar-refractivity contribution in [1.29, 1.82) is 0 Å². The van der Waals surface area contributed by atoms with Gasteiger partial charge in [0.1, 0.15) is 0 Å². The maximum Gasteiger partial charge on any atom is 0.335 e. The van der Waals surface area contributed by atoms with E-state index < -0.39 is 18.2 Å². The highest BCUT2D eigenvalue weighted by Crippen LogP contribution is 2.09. The van der Waals surface area contributed by atoms with E-state index in [0.717, 1.165) is 25.7 Å². The topological polar surface area (TPSA) is 98.0 Å². The fraction of sp³-hybridized carbons (Fsp3) is 0.900. The van der Waals surface area contributed by atoms with Crippen molar-refractivity contribution in [2.45, 2.75) is 50.7 Å². The van der Waals surface area contributed by atoms with Crippen LogP contribution < -0.4 is 0 Å². The lowest BCUT2D eigenvalue weighted by Crippen LogP contribution is -2.33. The molecule has 4 N–H and O–H groups in total. The first-order valence-corrected chi connectivity index (χ1v) is 5.29.